The molecule has 1 rings (SSSR count). The van der Waals surface area contributed by atoms with E-state index in [1.54, 1.807) is 0 Å². The summed E-state index contributed by atoms with van der Waals surface area (Å²) in [6, 6.07) is 1.46. The van der Waals surface area contributed by atoms with Crippen LogP contribution in [-0.4, -0.2) is 12.0 Å². The van der Waals surface area contributed by atoms with E-state index in [0.717, 1.165) is 0 Å². The van der Waals surface area contributed by atoms with Crippen LogP contribution < -0.4 is 0 Å². The van der Waals surface area contributed by atoms with Crippen molar-refractivity contribution in [2.24, 2.45) is 0 Å². The number of halogens is 4. The van der Waals surface area contributed by atoms with Crippen molar-refractivity contribution in [1.29, 1.82) is 0 Å². The number of alkyl halides is 3. The van der Waals surface area contributed by atoms with Crippen LogP contribution in [0.3, 0.4) is 0 Å². The third-order valence-corrected chi connectivity index (χ3v) is 2.13. The highest BCUT2D eigenvalue weighted by molar-refractivity contribution is 9.10. The van der Waals surface area contributed by atoms with E-state index >= 15 is 0 Å². The Hall–Kier alpha value is -0.780. The van der Waals surface area contributed by atoms with Gasteiger partial charge in [0.15, 0.2) is 11.5 Å². The van der Waals surface area contributed by atoms with E-state index in [9.17, 15) is 18.0 Å². The zero-order valence-corrected chi connectivity index (χ0v) is 8.48. The van der Waals surface area contributed by atoms with E-state index in [0.29, 0.717) is 4.47 Å². The molecule has 0 spiro atoms. The molecule has 0 aliphatic carbocycles. The van der Waals surface area contributed by atoms with Gasteiger partial charge in [-0.2, -0.15) is 13.2 Å². The van der Waals surface area contributed by atoms with Crippen LogP contribution in [0.5, 0.6) is 0 Å². The maximum Gasteiger partial charge on any atom is 0.389 e. The molecule has 0 bridgehead atoms. The highest BCUT2D eigenvalue weighted by Gasteiger charge is 2.29. The molecule has 0 fully saturated rings. The van der Waals surface area contributed by atoms with Crippen molar-refractivity contribution in [3.05, 3.63) is 22.6 Å². The Morgan fingerprint density at radius 1 is 1.50 bits per heavy atom. The van der Waals surface area contributed by atoms with Gasteiger partial charge in [0.1, 0.15) is 0 Å². The SMILES string of the molecule is O=C(CCC(F)(F)F)c1occc1Br. The van der Waals surface area contributed by atoms with Crippen LogP contribution in [0, 0.1) is 0 Å². The molecule has 2 nitrogen and oxygen atoms in total. The third-order valence-electron chi connectivity index (χ3n) is 1.51. The van der Waals surface area contributed by atoms with Crippen LogP contribution in [0.1, 0.15) is 23.4 Å². The zero-order valence-electron chi connectivity index (χ0n) is 6.90. The topological polar surface area (TPSA) is 30.2 Å². The summed E-state index contributed by atoms with van der Waals surface area (Å²) >= 11 is 2.99. The van der Waals surface area contributed by atoms with Crippen LogP contribution in [0.4, 0.5) is 13.2 Å². The largest absolute Gasteiger partial charge is 0.460 e. The zero-order chi connectivity index (χ0) is 10.8. The molecule has 0 saturated heterocycles. The first-order valence-corrected chi connectivity index (χ1v) is 4.52. The molecule has 0 radical (unpaired) electrons. The quantitative estimate of drug-likeness (QED) is 0.786. The molecule has 1 aromatic heterocycles. The molecule has 14 heavy (non-hydrogen) atoms. The number of Topliss-reactive ketones (excluding diaryl/α,β-unsaturated/α-hetero) is 1. The highest BCUT2D eigenvalue weighted by atomic mass is 79.9. The van der Waals surface area contributed by atoms with Gasteiger partial charge in [0.25, 0.3) is 0 Å². The minimum Gasteiger partial charge on any atom is -0.460 e. The van der Waals surface area contributed by atoms with Gasteiger partial charge in [-0.3, -0.25) is 4.79 Å². The number of ketones is 1. The summed E-state index contributed by atoms with van der Waals surface area (Å²) < 4.78 is 40.4. The van der Waals surface area contributed by atoms with E-state index in [1.165, 1.54) is 12.3 Å². The first kappa shape index (κ1) is 11.3. The Bertz CT molecular complexity index is 330. The average Bonchev–Trinajstić information content (AvgIpc) is 2.46. The number of hydrogen-bond donors (Lipinski definition) is 0. The summed E-state index contributed by atoms with van der Waals surface area (Å²) in [5, 5.41) is 0. The molecule has 6 heteroatoms. The van der Waals surface area contributed by atoms with Crippen molar-refractivity contribution in [3.8, 4) is 0 Å². The molecule has 0 saturated carbocycles. The van der Waals surface area contributed by atoms with Gasteiger partial charge in [-0.1, -0.05) is 0 Å². The fourth-order valence-corrected chi connectivity index (χ4v) is 1.28. The lowest BCUT2D eigenvalue weighted by Gasteiger charge is -2.03. The number of carbonyl (C=O) groups excluding carboxylic acids is 1. The van der Waals surface area contributed by atoms with Crippen LogP contribution >= 0.6 is 15.9 Å². The van der Waals surface area contributed by atoms with Crippen LogP contribution in [0.25, 0.3) is 0 Å². The standard InChI is InChI=1S/C8H6BrF3O2/c9-5-2-4-14-7(5)6(13)1-3-8(10,11)12/h2,4H,1,3H2. The molecular formula is C8H6BrF3O2. The summed E-state index contributed by atoms with van der Waals surface area (Å²) in [4.78, 5) is 11.1. The normalized spacial score (nSPS) is 11.7. The number of carbonyl (C=O) groups is 1. The Kier molecular flexibility index (Phi) is 3.36. The first-order valence-electron chi connectivity index (χ1n) is 3.73. The average molecular weight is 271 g/mol. The van der Waals surface area contributed by atoms with E-state index in [4.69, 9.17) is 4.42 Å². The van der Waals surface area contributed by atoms with E-state index in [-0.39, 0.29) is 5.76 Å². The number of hydrogen-bond acceptors (Lipinski definition) is 2. The number of rotatable bonds is 3. The third kappa shape index (κ3) is 3.17. The van der Waals surface area contributed by atoms with Crippen molar-refractivity contribution in [2.75, 3.05) is 0 Å². The molecule has 0 unspecified atom stereocenters. The molecule has 1 aromatic rings. The summed E-state index contributed by atoms with van der Waals surface area (Å²) in [6.45, 7) is 0. The van der Waals surface area contributed by atoms with Gasteiger partial charge in [0, 0.05) is 6.42 Å². The van der Waals surface area contributed by atoms with Gasteiger partial charge >= 0.3 is 6.18 Å². The van der Waals surface area contributed by atoms with Gasteiger partial charge in [-0.05, 0) is 22.0 Å². The maximum absolute atomic E-state index is 11.8. The van der Waals surface area contributed by atoms with Gasteiger partial charge in [0.05, 0.1) is 17.2 Å². The van der Waals surface area contributed by atoms with Crippen molar-refractivity contribution >= 4 is 21.7 Å². The second-order valence-corrected chi connectivity index (χ2v) is 3.49. The lowest BCUT2D eigenvalue weighted by molar-refractivity contribution is -0.133. The lowest BCUT2D eigenvalue weighted by atomic mass is 10.2. The van der Waals surface area contributed by atoms with Crippen molar-refractivity contribution in [1.82, 2.24) is 0 Å². The molecule has 0 N–H and O–H groups in total. The lowest BCUT2D eigenvalue weighted by Crippen LogP contribution is -2.10. The first-order chi connectivity index (χ1) is 6.40. The second-order valence-electron chi connectivity index (χ2n) is 2.64. The Labute approximate surface area is 86.2 Å². The maximum atomic E-state index is 11.8. The van der Waals surface area contributed by atoms with Gasteiger partial charge < -0.3 is 4.42 Å². The van der Waals surface area contributed by atoms with Crippen molar-refractivity contribution in [3.63, 3.8) is 0 Å². The molecule has 78 valence electrons. The minimum absolute atomic E-state index is 0.0609. The van der Waals surface area contributed by atoms with E-state index < -0.39 is 24.8 Å². The molecule has 0 aromatic carbocycles. The predicted molar refractivity (Wildman–Crippen MR) is 46.0 cm³/mol. The molecular weight excluding hydrogens is 265 g/mol. The van der Waals surface area contributed by atoms with E-state index in [1.807, 2.05) is 0 Å². The highest BCUT2D eigenvalue weighted by Crippen LogP contribution is 2.25. The Balaban J connectivity index is 2.56. The monoisotopic (exact) mass is 270 g/mol. The smallest absolute Gasteiger partial charge is 0.389 e. The van der Waals surface area contributed by atoms with Gasteiger partial charge in [-0.25, -0.2) is 0 Å². The van der Waals surface area contributed by atoms with Crippen LogP contribution in [0.2, 0.25) is 0 Å². The van der Waals surface area contributed by atoms with Gasteiger partial charge in [-0.15, -0.1) is 0 Å². The minimum atomic E-state index is -4.31. The van der Waals surface area contributed by atoms with Crippen molar-refractivity contribution < 1.29 is 22.4 Å². The molecule has 0 aliphatic heterocycles. The molecule has 0 amide bonds. The Morgan fingerprint density at radius 3 is 2.57 bits per heavy atom. The summed E-state index contributed by atoms with van der Waals surface area (Å²) in [5.74, 6) is -0.714. The fraction of sp³-hybridized carbons (Fsp3) is 0.375. The summed E-state index contributed by atoms with van der Waals surface area (Å²) in [7, 11) is 0. The Morgan fingerprint density at radius 2 is 2.14 bits per heavy atom. The number of furan rings is 1. The van der Waals surface area contributed by atoms with E-state index in [2.05, 4.69) is 15.9 Å². The predicted octanol–water partition coefficient (Wildman–Crippen LogP) is 3.57. The summed E-state index contributed by atoms with van der Waals surface area (Å²) in [5.41, 5.74) is 0. The fourth-order valence-electron chi connectivity index (χ4n) is 0.861. The van der Waals surface area contributed by atoms with Crippen molar-refractivity contribution in [2.45, 2.75) is 19.0 Å². The second kappa shape index (κ2) is 4.16. The van der Waals surface area contributed by atoms with Crippen LogP contribution in [-0.2, 0) is 0 Å². The molecule has 1 heterocycles. The molecule has 0 atom stereocenters. The molecule has 0 aliphatic rings. The summed E-state index contributed by atoms with van der Waals surface area (Å²) in [6.07, 6.45) is -4.78. The van der Waals surface area contributed by atoms with Gasteiger partial charge in [0.2, 0.25) is 0 Å². The van der Waals surface area contributed by atoms with Crippen LogP contribution in [0.15, 0.2) is 21.2 Å².